The molecule has 6 nitrogen and oxygen atoms in total. The van der Waals surface area contributed by atoms with Gasteiger partial charge in [0.2, 0.25) is 0 Å². The van der Waals surface area contributed by atoms with E-state index >= 15 is 0 Å². The molecular formula is C19H18N4O2. The molecule has 0 aliphatic carbocycles. The zero-order chi connectivity index (χ0) is 17.5. The molecule has 0 saturated heterocycles. The summed E-state index contributed by atoms with van der Waals surface area (Å²) in [4.78, 5) is 12.2. The number of ether oxygens (including phenoxy) is 1. The molecule has 6 heteroatoms. The van der Waals surface area contributed by atoms with Crippen molar-refractivity contribution >= 4 is 12.1 Å². The van der Waals surface area contributed by atoms with Gasteiger partial charge in [-0.3, -0.25) is 9.48 Å². The zero-order valence-electron chi connectivity index (χ0n) is 13.8. The molecule has 0 radical (unpaired) electrons. The van der Waals surface area contributed by atoms with Crippen molar-refractivity contribution in [2.45, 2.75) is 6.54 Å². The van der Waals surface area contributed by atoms with Crippen LogP contribution in [0.4, 0.5) is 0 Å². The number of aromatic nitrogens is 2. The maximum absolute atomic E-state index is 12.2. The average molecular weight is 334 g/mol. The number of nitrogens with one attached hydrogen (secondary N) is 1. The van der Waals surface area contributed by atoms with Gasteiger partial charge in [0.1, 0.15) is 5.75 Å². The first-order valence-corrected chi connectivity index (χ1v) is 7.78. The summed E-state index contributed by atoms with van der Waals surface area (Å²) in [5.74, 6) is 0.516. The van der Waals surface area contributed by atoms with Crippen LogP contribution in [0.3, 0.4) is 0 Å². The molecule has 25 heavy (non-hydrogen) atoms. The summed E-state index contributed by atoms with van der Waals surface area (Å²) in [6, 6.07) is 16.7. The van der Waals surface area contributed by atoms with E-state index in [1.807, 2.05) is 54.7 Å². The van der Waals surface area contributed by atoms with Crippen LogP contribution in [-0.4, -0.2) is 29.0 Å². The highest BCUT2D eigenvalue weighted by molar-refractivity contribution is 5.95. The first-order chi connectivity index (χ1) is 12.2. The van der Waals surface area contributed by atoms with Gasteiger partial charge in [-0.1, -0.05) is 12.1 Å². The number of carbonyl (C=O) groups is 1. The number of methoxy groups -OCH3 is 1. The second-order valence-corrected chi connectivity index (χ2v) is 5.38. The quantitative estimate of drug-likeness (QED) is 0.557. The van der Waals surface area contributed by atoms with Gasteiger partial charge >= 0.3 is 0 Å². The standard InChI is InChI=1S/C19H18N4O2/c1-25-18-8-6-15(7-9-18)13-20-22-19(24)17-5-2-4-16(12-17)14-23-11-3-10-21-23/h2-13H,14H2,1H3,(H,22,24). The Labute approximate surface area is 145 Å². The Kier molecular flexibility index (Phi) is 5.21. The second kappa shape index (κ2) is 7.92. The number of benzene rings is 2. The van der Waals surface area contributed by atoms with E-state index in [9.17, 15) is 4.79 Å². The maximum Gasteiger partial charge on any atom is 0.271 e. The topological polar surface area (TPSA) is 68.5 Å². The lowest BCUT2D eigenvalue weighted by Gasteiger charge is -2.05. The molecule has 1 aromatic heterocycles. The molecule has 126 valence electrons. The third-order valence-electron chi connectivity index (χ3n) is 3.59. The van der Waals surface area contributed by atoms with Crippen LogP contribution in [0.2, 0.25) is 0 Å². The zero-order valence-corrected chi connectivity index (χ0v) is 13.8. The highest BCUT2D eigenvalue weighted by Crippen LogP contribution is 2.10. The molecule has 3 aromatic rings. The molecule has 2 aromatic carbocycles. The minimum atomic E-state index is -0.257. The molecule has 0 spiro atoms. The van der Waals surface area contributed by atoms with E-state index in [4.69, 9.17) is 4.74 Å². The van der Waals surface area contributed by atoms with Gasteiger partial charge in [0.25, 0.3) is 5.91 Å². The predicted octanol–water partition coefficient (Wildman–Crippen LogP) is 2.70. The number of carbonyl (C=O) groups excluding carboxylic acids is 1. The fourth-order valence-corrected chi connectivity index (χ4v) is 2.31. The molecule has 0 unspecified atom stereocenters. The van der Waals surface area contributed by atoms with Crippen LogP contribution in [0.15, 0.2) is 72.1 Å². The van der Waals surface area contributed by atoms with Gasteiger partial charge in [0.15, 0.2) is 0 Å². The van der Waals surface area contributed by atoms with Gasteiger partial charge in [-0.2, -0.15) is 10.2 Å². The first kappa shape index (κ1) is 16.4. The highest BCUT2D eigenvalue weighted by atomic mass is 16.5. The Bertz CT molecular complexity index is 855. The summed E-state index contributed by atoms with van der Waals surface area (Å²) in [7, 11) is 1.61. The molecule has 0 aliphatic heterocycles. The van der Waals surface area contributed by atoms with E-state index < -0.39 is 0 Å². The van der Waals surface area contributed by atoms with Gasteiger partial charge in [-0.05, 0) is 53.6 Å². The summed E-state index contributed by atoms with van der Waals surface area (Å²) in [5.41, 5.74) is 4.96. The normalized spacial score (nSPS) is 10.8. The lowest BCUT2D eigenvalue weighted by atomic mass is 10.1. The number of hydrogen-bond acceptors (Lipinski definition) is 4. The third-order valence-corrected chi connectivity index (χ3v) is 3.59. The molecule has 0 bridgehead atoms. The van der Waals surface area contributed by atoms with Crippen molar-refractivity contribution < 1.29 is 9.53 Å². The lowest BCUT2D eigenvalue weighted by molar-refractivity contribution is 0.0955. The molecule has 0 atom stereocenters. The van der Waals surface area contributed by atoms with Gasteiger partial charge in [0, 0.05) is 18.0 Å². The van der Waals surface area contributed by atoms with Crippen molar-refractivity contribution in [1.82, 2.24) is 15.2 Å². The molecule has 0 saturated carbocycles. The molecule has 0 fully saturated rings. The lowest BCUT2D eigenvalue weighted by Crippen LogP contribution is -2.18. The van der Waals surface area contributed by atoms with E-state index in [2.05, 4.69) is 15.6 Å². The molecule has 0 aliphatic rings. The van der Waals surface area contributed by atoms with Gasteiger partial charge in [0.05, 0.1) is 19.9 Å². The largest absolute Gasteiger partial charge is 0.497 e. The Morgan fingerprint density at radius 3 is 2.80 bits per heavy atom. The Morgan fingerprint density at radius 1 is 1.24 bits per heavy atom. The summed E-state index contributed by atoms with van der Waals surface area (Å²) in [6.07, 6.45) is 5.20. The van der Waals surface area contributed by atoms with Crippen LogP contribution in [0.5, 0.6) is 5.75 Å². The summed E-state index contributed by atoms with van der Waals surface area (Å²) in [6.45, 7) is 0.614. The van der Waals surface area contributed by atoms with Crippen LogP contribution < -0.4 is 10.2 Å². The first-order valence-electron chi connectivity index (χ1n) is 7.78. The number of amides is 1. The minimum Gasteiger partial charge on any atom is -0.497 e. The van der Waals surface area contributed by atoms with Crippen molar-refractivity contribution in [1.29, 1.82) is 0 Å². The predicted molar refractivity (Wildman–Crippen MR) is 95.8 cm³/mol. The van der Waals surface area contributed by atoms with Crippen molar-refractivity contribution in [3.05, 3.63) is 83.7 Å². The van der Waals surface area contributed by atoms with Crippen molar-refractivity contribution in [3.8, 4) is 5.75 Å². The maximum atomic E-state index is 12.2. The van der Waals surface area contributed by atoms with Gasteiger partial charge < -0.3 is 4.74 Å². The second-order valence-electron chi connectivity index (χ2n) is 5.38. The van der Waals surface area contributed by atoms with E-state index in [0.717, 1.165) is 16.9 Å². The summed E-state index contributed by atoms with van der Waals surface area (Å²) in [5, 5.41) is 8.16. The molecular weight excluding hydrogens is 316 g/mol. The SMILES string of the molecule is COc1ccc(C=NNC(=O)c2cccc(Cn3cccn3)c2)cc1. The average Bonchev–Trinajstić information content (AvgIpc) is 3.15. The van der Waals surface area contributed by atoms with Crippen LogP contribution >= 0.6 is 0 Å². The number of rotatable bonds is 6. The van der Waals surface area contributed by atoms with Crippen LogP contribution in [0, 0.1) is 0 Å². The van der Waals surface area contributed by atoms with Crippen LogP contribution in [0.1, 0.15) is 21.5 Å². The van der Waals surface area contributed by atoms with Crippen molar-refractivity contribution in [2.75, 3.05) is 7.11 Å². The highest BCUT2D eigenvalue weighted by Gasteiger charge is 2.05. The Balaban J connectivity index is 1.61. The number of hydrogen-bond donors (Lipinski definition) is 1. The Morgan fingerprint density at radius 2 is 2.08 bits per heavy atom. The number of hydrazone groups is 1. The van der Waals surface area contributed by atoms with Crippen LogP contribution in [-0.2, 0) is 6.54 Å². The summed E-state index contributed by atoms with van der Waals surface area (Å²) < 4.78 is 6.90. The minimum absolute atomic E-state index is 0.257. The fourth-order valence-electron chi connectivity index (χ4n) is 2.31. The Hall–Kier alpha value is -3.41. The van der Waals surface area contributed by atoms with Crippen molar-refractivity contribution in [2.24, 2.45) is 5.10 Å². The molecule has 1 heterocycles. The van der Waals surface area contributed by atoms with Gasteiger partial charge in [-0.25, -0.2) is 5.43 Å². The smallest absolute Gasteiger partial charge is 0.271 e. The molecule has 1 amide bonds. The van der Waals surface area contributed by atoms with Crippen molar-refractivity contribution in [3.63, 3.8) is 0 Å². The molecule has 1 N–H and O–H groups in total. The number of nitrogens with zero attached hydrogens (tertiary/aromatic N) is 3. The van der Waals surface area contributed by atoms with E-state index in [-0.39, 0.29) is 5.91 Å². The monoisotopic (exact) mass is 334 g/mol. The fraction of sp³-hybridized carbons (Fsp3) is 0.105. The van der Waals surface area contributed by atoms with Crippen LogP contribution in [0.25, 0.3) is 0 Å². The van der Waals surface area contributed by atoms with Gasteiger partial charge in [-0.15, -0.1) is 0 Å². The summed E-state index contributed by atoms with van der Waals surface area (Å²) >= 11 is 0. The molecule has 3 rings (SSSR count). The van der Waals surface area contributed by atoms with E-state index in [1.54, 1.807) is 30.3 Å². The van der Waals surface area contributed by atoms with E-state index in [0.29, 0.717) is 12.1 Å². The van der Waals surface area contributed by atoms with E-state index in [1.165, 1.54) is 0 Å². The third kappa shape index (κ3) is 4.54.